The van der Waals surface area contributed by atoms with E-state index in [1.165, 1.54) is 18.2 Å². The van der Waals surface area contributed by atoms with E-state index in [9.17, 15) is 13.2 Å². The van der Waals surface area contributed by atoms with Crippen LogP contribution in [0, 0.1) is 0 Å². The van der Waals surface area contributed by atoms with Crippen LogP contribution < -0.4 is 14.9 Å². The zero-order valence-electron chi connectivity index (χ0n) is 18.2. The number of carbonyl (C=O) groups excluding carboxylic acids is 1. The highest BCUT2D eigenvalue weighted by Crippen LogP contribution is 2.27. The number of amides is 1. The number of nitrogens with one attached hydrogen (secondary N) is 2. The van der Waals surface area contributed by atoms with Gasteiger partial charge >= 0.3 is 0 Å². The molecule has 3 rings (SSSR count). The first-order valence-corrected chi connectivity index (χ1v) is 12.0. The van der Waals surface area contributed by atoms with E-state index in [1.807, 2.05) is 30.3 Å². The molecule has 1 amide bonds. The lowest BCUT2D eigenvalue weighted by atomic mass is 9.97. The number of hydrogen-bond acceptors (Lipinski definition) is 5. The Kier molecular flexibility index (Phi) is 8.23. The summed E-state index contributed by atoms with van der Waals surface area (Å²) in [6.07, 6.45) is 3.19. The number of hydrogen-bond donors (Lipinski definition) is 3. The maximum absolute atomic E-state index is 12.9. The number of sulfonamides is 1. The number of ether oxygens (including phenoxy) is 1. The Morgan fingerprint density at radius 1 is 0.970 bits per heavy atom. The number of rotatable bonds is 10. The first-order valence-electron chi connectivity index (χ1n) is 10.5. The van der Waals surface area contributed by atoms with Gasteiger partial charge in [-0.1, -0.05) is 55.8 Å². The van der Waals surface area contributed by atoms with Crippen molar-refractivity contribution in [3.8, 4) is 5.75 Å². The summed E-state index contributed by atoms with van der Waals surface area (Å²) in [7, 11) is -3.83. The van der Waals surface area contributed by atoms with Gasteiger partial charge in [-0.2, -0.15) is 0 Å². The van der Waals surface area contributed by atoms with E-state index in [0.29, 0.717) is 29.2 Å². The van der Waals surface area contributed by atoms with Gasteiger partial charge in [0, 0.05) is 11.8 Å². The topological polar surface area (TPSA) is 105 Å². The maximum atomic E-state index is 12.9. The second kappa shape index (κ2) is 11.3. The second-order valence-corrected chi connectivity index (χ2v) is 8.94. The molecule has 3 aromatic carbocycles. The Hall–Kier alpha value is -3.62. The number of unbranched alkanes of at least 4 members (excludes halogenated alkanes) is 1. The molecule has 3 aromatic rings. The molecule has 0 unspecified atom stereocenters. The molecule has 0 aromatic heterocycles. The van der Waals surface area contributed by atoms with Gasteiger partial charge < -0.3 is 4.74 Å². The minimum absolute atomic E-state index is 0.106. The van der Waals surface area contributed by atoms with Gasteiger partial charge in [-0.3, -0.25) is 14.7 Å². The Morgan fingerprint density at radius 2 is 1.67 bits per heavy atom. The minimum Gasteiger partial charge on any atom is -0.494 e. The predicted molar refractivity (Wildman–Crippen MR) is 128 cm³/mol. The Balaban J connectivity index is 1.85. The predicted octanol–water partition coefficient (Wildman–Crippen LogP) is 4.60. The van der Waals surface area contributed by atoms with Crippen LogP contribution >= 0.6 is 0 Å². The molecule has 0 saturated carbocycles. The van der Waals surface area contributed by atoms with E-state index < -0.39 is 15.9 Å². The van der Waals surface area contributed by atoms with Crippen molar-refractivity contribution < 1.29 is 23.2 Å². The van der Waals surface area contributed by atoms with Crippen molar-refractivity contribution in [2.45, 2.75) is 24.7 Å². The van der Waals surface area contributed by atoms with E-state index in [-0.39, 0.29) is 4.90 Å². The van der Waals surface area contributed by atoms with E-state index in [2.05, 4.69) is 11.6 Å². The summed E-state index contributed by atoms with van der Waals surface area (Å²) < 4.78 is 33.9. The third-order valence-corrected chi connectivity index (χ3v) is 6.19. The molecule has 7 nitrogen and oxygen atoms in total. The van der Waals surface area contributed by atoms with Crippen molar-refractivity contribution in [3.63, 3.8) is 0 Å². The lowest BCUT2D eigenvalue weighted by molar-refractivity contribution is -0.124. The summed E-state index contributed by atoms with van der Waals surface area (Å²) in [6, 6.07) is 22.1. The first-order chi connectivity index (χ1) is 15.9. The van der Waals surface area contributed by atoms with Crippen molar-refractivity contribution in [1.82, 2.24) is 5.48 Å². The number of carbonyl (C=O) groups is 1. The molecule has 0 aliphatic carbocycles. The highest BCUT2D eigenvalue weighted by atomic mass is 32.2. The van der Waals surface area contributed by atoms with Crippen molar-refractivity contribution in [1.29, 1.82) is 0 Å². The number of anilines is 1. The number of hydroxylamine groups is 1. The fourth-order valence-corrected chi connectivity index (χ4v) is 4.18. The van der Waals surface area contributed by atoms with Gasteiger partial charge in [0.2, 0.25) is 0 Å². The smallest absolute Gasteiger partial charge is 0.267 e. The van der Waals surface area contributed by atoms with Crippen LogP contribution in [0.5, 0.6) is 5.75 Å². The summed E-state index contributed by atoms with van der Waals surface area (Å²) in [6.45, 7) is 2.65. The van der Waals surface area contributed by atoms with Gasteiger partial charge in [-0.25, -0.2) is 13.9 Å². The third-order valence-electron chi connectivity index (χ3n) is 4.80. The summed E-state index contributed by atoms with van der Waals surface area (Å²) in [5.41, 5.74) is 3.79. The summed E-state index contributed by atoms with van der Waals surface area (Å²) in [4.78, 5) is 11.9. The largest absolute Gasteiger partial charge is 0.494 e. The molecular weight excluding hydrogens is 440 g/mol. The van der Waals surface area contributed by atoms with Crippen LogP contribution in [0.3, 0.4) is 0 Å². The normalized spacial score (nSPS) is 11.6. The lowest BCUT2D eigenvalue weighted by Crippen LogP contribution is -2.16. The molecular formula is C25H26N2O5S. The summed E-state index contributed by atoms with van der Waals surface area (Å²) >= 11 is 0. The Bertz CT molecular complexity index is 1210. The van der Waals surface area contributed by atoms with Crippen LogP contribution in [0.4, 0.5) is 5.69 Å². The van der Waals surface area contributed by atoms with Crippen molar-refractivity contribution in [3.05, 3.63) is 96.1 Å². The molecule has 172 valence electrons. The fraction of sp³-hybridized carbons (Fsp3) is 0.160. The molecule has 8 heteroatoms. The van der Waals surface area contributed by atoms with Crippen molar-refractivity contribution in [2.75, 3.05) is 11.3 Å². The van der Waals surface area contributed by atoms with Gasteiger partial charge in [-0.05, 0) is 59.5 Å². The molecule has 0 saturated heterocycles. The van der Waals surface area contributed by atoms with Crippen LogP contribution in [0.25, 0.3) is 5.57 Å². The van der Waals surface area contributed by atoms with Crippen molar-refractivity contribution in [2.24, 2.45) is 0 Å². The molecule has 0 fully saturated rings. The third kappa shape index (κ3) is 6.68. The molecule has 3 N–H and O–H groups in total. The summed E-state index contributed by atoms with van der Waals surface area (Å²) in [5.74, 6) is -0.0784. The zero-order valence-corrected chi connectivity index (χ0v) is 19.0. The molecule has 0 heterocycles. The standard InChI is InChI=1S/C25H26N2O5S/c1-2-3-16-32-22-12-14-23(15-13-22)33(30,31)27-21-11-7-10-20(17-21)24(18-25(28)26-29)19-8-5-4-6-9-19/h4-15,17-18,27,29H,2-3,16H2,1H3,(H,26,28)/b24-18-. The lowest BCUT2D eigenvalue weighted by Gasteiger charge is -2.13. The van der Waals surface area contributed by atoms with Crippen LogP contribution in [0.2, 0.25) is 0 Å². The molecule has 0 bridgehead atoms. The van der Waals surface area contributed by atoms with E-state index in [0.717, 1.165) is 18.4 Å². The monoisotopic (exact) mass is 466 g/mol. The molecule has 0 radical (unpaired) electrons. The van der Waals surface area contributed by atoms with Crippen LogP contribution in [-0.2, 0) is 14.8 Å². The van der Waals surface area contributed by atoms with Crippen LogP contribution in [0.1, 0.15) is 30.9 Å². The minimum atomic E-state index is -3.83. The molecule has 0 spiro atoms. The zero-order chi connectivity index (χ0) is 23.7. The molecule has 0 atom stereocenters. The van der Waals surface area contributed by atoms with E-state index in [1.54, 1.807) is 41.9 Å². The fourth-order valence-electron chi connectivity index (χ4n) is 3.13. The van der Waals surface area contributed by atoms with Crippen molar-refractivity contribution >= 4 is 27.2 Å². The molecule has 0 aliphatic heterocycles. The van der Waals surface area contributed by atoms with Gasteiger partial charge in [0.05, 0.1) is 11.5 Å². The Labute approximate surface area is 193 Å². The molecule has 0 aliphatic rings. The van der Waals surface area contributed by atoms with Gasteiger partial charge in [0.15, 0.2) is 0 Å². The average molecular weight is 467 g/mol. The maximum Gasteiger partial charge on any atom is 0.267 e. The highest BCUT2D eigenvalue weighted by molar-refractivity contribution is 7.92. The van der Waals surface area contributed by atoms with Crippen LogP contribution in [0.15, 0.2) is 89.8 Å². The average Bonchev–Trinajstić information content (AvgIpc) is 2.83. The first kappa shape index (κ1) is 24.0. The molecule has 33 heavy (non-hydrogen) atoms. The van der Waals surface area contributed by atoms with Gasteiger partial charge in [0.1, 0.15) is 5.75 Å². The highest BCUT2D eigenvalue weighted by Gasteiger charge is 2.15. The quantitative estimate of drug-likeness (QED) is 0.175. The SMILES string of the molecule is CCCCOc1ccc(S(=O)(=O)Nc2cccc(/C(=C\C(=O)NO)c3ccccc3)c2)cc1. The van der Waals surface area contributed by atoms with Gasteiger partial charge in [-0.15, -0.1) is 0 Å². The van der Waals surface area contributed by atoms with E-state index in [4.69, 9.17) is 9.94 Å². The van der Waals surface area contributed by atoms with Crippen LogP contribution in [-0.4, -0.2) is 26.1 Å². The van der Waals surface area contributed by atoms with E-state index >= 15 is 0 Å². The second-order valence-electron chi connectivity index (χ2n) is 7.26. The summed E-state index contributed by atoms with van der Waals surface area (Å²) in [5, 5.41) is 8.95. The number of benzene rings is 3. The Morgan fingerprint density at radius 3 is 2.33 bits per heavy atom. The van der Waals surface area contributed by atoms with Gasteiger partial charge in [0.25, 0.3) is 15.9 Å².